The van der Waals surface area contributed by atoms with Crippen LogP contribution in [0.5, 0.6) is 11.5 Å². The van der Waals surface area contributed by atoms with Crippen molar-refractivity contribution in [1.29, 1.82) is 0 Å². The van der Waals surface area contributed by atoms with Crippen LogP contribution in [0, 0.1) is 0 Å². The average Bonchev–Trinajstić information content (AvgIpc) is 3.43. The maximum atomic E-state index is 13.7. The van der Waals surface area contributed by atoms with Crippen LogP contribution in [0.3, 0.4) is 0 Å². The second-order valence-electron chi connectivity index (χ2n) is 7.62. The number of benzene rings is 2. The number of carbonyl (C=O) groups excluding carboxylic acids is 3. The number of urea groups is 1. The summed E-state index contributed by atoms with van der Waals surface area (Å²) in [6, 6.07) is 13.3. The molecule has 0 aliphatic carbocycles. The molecule has 2 aromatic rings. The third-order valence-electron chi connectivity index (χ3n) is 5.90. The summed E-state index contributed by atoms with van der Waals surface area (Å²) < 4.78 is 10.5. The van der Waals surface area contributed by atoms with E-state index in [4.69, 9.17) is 9.47 Å². The van der Waals surface area contributed by atoms with E-state index in [1.807, 2.05) is 0 Å². The van der Waals surface area contributed by atoms with Crippen molar-refractivity contribution in [1.82, 2.24) is 15.1 Å². The predicted molar refractivity (Wildman–Crippen MR) is 113 cm³/mol. The lowest BCUT2D eigenvalue weighted by molar-refractivity contribution is -0.138. The molecular formula is C23H25N3O5. The summed E-state index contributed by atoms with van der Waals surface area (Å²) in [4.78, 5) is 42.0. The Labute approximate surface area is 180 Å². The highest BCUT2D eigenvalue weighted by atomic mass is 16.5. The molecular weight excluding hydrogens is 398 g/mol. The first kappa shape index (κ1) is 20.7. The number of rotatable bonds is 6. The van der Waals surface area contributed by atoms with E-state index in [2.05, 4.69) is 5.32 Å². The van der Waals surface area contributed by atoms with Crippen molar-refractivity contribution in [3.8, 4) is 11.5 Å². The molecule has 0 unspecified atom stereocenters. The molecule has 8 heteroatoms. The molecule has 2 aliphatic heterocycles. The molecule has 0 aromatic heterocycles. The lowest BCUT2D eigenvalue weighted by atomic mass is 9.82. The Morgan fingerprint density at radius 2 is 1.39 bits per heavy atom. The molecule has 0 atom stereocenters. The Morgan fingerprint density at radius 1 is 0.903 bits per heavy atom. The fraction of sp³-hybridized carbons (Fsp3) is 0.348. The first-order valence-corrected chi connectivity index (χ1v) is 10.2. The van der Waals surface area contributed by atoms with E-state index < -0.39 is 17.5 Å². The van der Waals surface area contributed by atoms with Gasteiger partial charge in [0.1, 0.15) is 18.0 Å². The van der Waals surface area contributed by atoms with Gasteiger partial charge in [-0.3, -0.25) is 14.5 Å². The SMILES string of the molecule is COc1ccc(C2(c3ccc(OC)cc3)NC(=O)N(CC(=O)N3CCCC3)C2=O)cc1. The van der Waals surface area contributed by atoms with Gasteiger partial charge in [0.15, 0.2) is 5.54 Å². The molecule has 2 aromatic carbocycles. The van der Waals surface area contributed by atoms with Crippen LogP contribution in [0.15, 0.2) is 48.5 Å². The number of hydrogen-bond acceptors (Lipinski definition) is 5. The Morgan fingerprint density at radius 3 is 1.84 bits per heavy atom. The van der Waals surface area contributed by atoms with E-state index in [0.29, 0.717) is 35.7 Å². The van der Waals surface area contributed by atoms with Crippen molar-refractivity contribution in [2.24, 2.45) is 0 Å². The number of carbonyl (C=O) groups is 3. The monoisotopic (exact) mass is 423 g/mol. The van der Waals surface area contributed by atoms with Crippen LogP contribution in [0.2, 0.25) is 0 Å². The van der Waals surface area contributed by atoms with Crippen LogP contribution >= 0.6 is 0 Å². The largest absolute Gasteiger partial charge is 0.497 e. The molecule has 0 saturated carbocycles. The molecule has 2 aliphatic rings. The van der Waals surface area contributed by atoms with E-state index in [0.717, 1.165) is 17.7 Å². The van der Waals surface area contributed by atoms with Gasteiger partial charge in [0.25, 0.3) is 5.91 Å². The molecule has 2 heterocycles. The highest BCUT2D eigenvalue weighted by Crippen LogP contribution is 2.37. The molecule has 31 heavy (non-hydrogen) atoms. The first-order valence-electron chi connectivity index (χ1n) is 10.2. The molecule has 0 spiro atoms. The van der Waals surface area contributed by atoms with Gasteiger partial charge in [0.2, 0.25) is 5.91 Å². The summed E-state index contributed by atoms with van der Waals surface area (Å²) in [6.45, 7) is 1.04. The van der Waals surface area contributed by atoms with E-state index in [1.54, 1.807) is 67.7 Å². The van der Waals surface area contributed by atoms with Gasteiger partial charge in [-0.15, -0.1) is 0 Å². The van der Waals surface area contributed by atoms with Crippen LogP contribution < -0.4 is 14.8 Å². The van der Waals surface area contributed by atoms with E-state index in [9.17, 15) is 14.4 Å². The molecule has 0 radical (unpaired) electrons. The van der Waals surface area contributed by atoms with Gasteiger partial charge in [0, 0.05) is 13.1 Å². The zero-order valence-corrected chi connectivity index (χ0v) is 17.6. The molecule has 2 saturated heterocycles. The van der Waals surface area contributed by atoms with Gasteiger partial charge in [0.05, 0.1) is 14.2 Å². The maximum Gasteiger partial charge on any atom is 0.326 e. The Kier molecular flexibility index (Phi) is 5.54. The zero-order chi connectivity index (χ0) is 22.0. The highest BCUT2D eigenvalue weighted by molar-refractivity contribution is 6.11. The van der Waals surface area contributed by atoms with Gasteiger partial charge in [-0.25, -0.2) is 4.79 Å². The van der Waals surface area contributed by atoms with Crippen LogP contribution in [0.25, 0.3) is 0 Å². The minimum Gasteiger partial charge on any atom is -0.497 e. The number of nitrogens with zero attached hydrogens (tertiary/aromatic N) is 2. The average molecular weight is 423 g/mol. The molecule has 0 bridgehead atoms. The molecule has 1 N–H and O–H groups in total. The smallest absolute Gasteiger partial charge is 0.326 e. The number of imide groups is 1. The lowest BCUT2D eigenvalue weighted by Crippen LogP contribution is -2.46. The quantitative estimate of drug-likeness (QED) is 0.719. The van der Waals surface area contributed by atoms with Gasteiger partial charge in [-0.2, -0.15) is 0 Å². The van der Waals surface area contributed by atoms with E-state index in [-0.39, 0.29) is 12.5 Å². The number of amides is 4. The zero-order valence-electron chi connectivity index (χ0n) is 17.6. The standard InChI is InChI=1S/C23H25N3O5/c1-30-18-9-5-16(6-10-18)23(17-7-11-19(31-2)12-8-17)21(28)26(22(29)24-23)15-20(27)25-13-3-4-14-25/h5-12H,3-4,13-15H2,1-2H3,(H,24,29). The molecule has 162 valence electrons. The third kappa shape index (κ3) is 3.58. The number of nitrogens with one attached hydrogen (secondary N) is 1. The first-order chi connectivity index (χ1) is 15.0. The van der Waals surface area contributed by atoms with Crippen molar-refractivity contribution >= 4 is 17.8 Å². The van der Waals surface area contributed by atoms with E-state index in [1.165, 1.54) is 0 Å². The summed E-state index contributed by atoms with van der Waals surface area (Å²) in [5.41, 5.74) is -0.290. The van der Waals surface area contributed by atoms with Crippen molar-refractivity contribution in [3.05, 3.63) is 59.7 Å². The van der Waals surface area contributed by atoms with Crippen LogP contribution in [-0.2, 0) is 15.1 Å². The van der Waals surface area contributed by atoms with Gasteiger partial charge in [-0.05, 0) is 48.2 Å². The maximum absolute atomic E-state index is 13.7. The van der Waals surface area contributed by atoms with Gasteiger partial charge >= 0.3 is 6.03 Å². The minimum absolute atomic E-state index is 0.221. The topological polar surface area (TPSA) is 88.2 Å². The van der Waals surface area contributed by atoms with Crippen molar-refractivity contribution in [2.45, 2.75) is 18.4 Å². The third-order valence-corrected chi connectivity index (χ3v) is 5.90. The van der Waals surface area contributed by atoms with Gasteiger partial charge < -0.3 is 19.7 Å². The van der Waals surface area contributed by atoms with Crippen molar-refractivity contribution < 1.29 is 23.9 Å². The second kappa shape index (κ2) is 8.29. The fourth-order valence-corrected chi connectivity index (χ4v) is 4.16. The predicted octanol–water partition coefficient (Wildman–Crippen LogP) is 2.12. The lowest BCUT2D eigenvalue weighted by Gasteiger charge is -2.28. The molecule has 2 fully saturated rings. The summed E-state index contributed by atoms with van der Waals surface area (Å²) in [7, 11) is 3.12. The van der Waals surface area contributed by atoms with Crippen LogP contribution in [-0.4, -0.2) is 61.5 Å². The van der Waals surface area contributed by atoms with Gasteiger partial charge in [-0.1, -0.05) is 24.3 Å². The fourth-order valence-electron chi connectivity index (χ4n) is 4.16. The number of methoxy groups -OCH3 is 2. The molecule has 8 nitrogen and oxygen atoms in total. The van der Waals surface area contributed by atoms with Crippen LogP contribution in [0.1, 0.15) is 24.0 Å². The van der Waals surface area contributed by atoms with Crippen molar-refractivity contribution in [3.63, 3.8) is 0 Å². The number of hydrogen-bond donors (Lipinski definition) is 1. The van der Waals surface area contributed by atoms with E-state index >= 15 is 0 Å². The summed E-state index contributed by atoms with van der Waals surface area (Å²) in [5.74, 6) is 0.555. The second-order valence-corrected chi connectivity index (χ2v) is 7.62. The molecule has 4 amide bonds. The minimum atomic E-state index is -1.44. The normalized spacial score (nSPS) is 17.6. The Hall–Kier alpha value is -3.55. The molecule has 4 rings (SSSR count). The Balaban J connectivity index is 1.73. The number of likely N-dealkylation sites (tertiary alicyclic amines) is 1. The van der Waals surface area contributed by atoms with Crippen molar-refractivity contribution in [2.75, 3.05) is 33.9 Å². The summed E-state index contributed by atoms with van der Waals surface area (Å²) in [5, 5.41) is 2.86. The Bertz CT molecular complexity index is 934. The van der Waals surface area contributed by atoms with Crippen LogP contribution in [0.4, 0.5) is 4.79 Å². The summed E-state index contributed by atoms with van der Waals surface area (Å²) in [6.07, 6.45) is 1.88. The number of ether oxygens (including phenoxy) is 2. The highest BCUT2D eigenvalue weighted by Gasteiger charge is 2.54. The summed E-state index contributed by atoms with van der Waals surface area (Å²) >= 11 is 0.